The van der Waals surface area contributed by atoms with Crippen LogP contribution in [0.3, 0.4) is 0 Å². The molecule has 1 aliphatic heterocycles. The Kier molecular flexibility index (Phi) is 2.55. The van der Waals surface area contributed by atoms with Crippen molar-refractivity contribution in [3.05, 3.63) is 0 Å². The smallest absolute Gasteiger partial charge is 0.0389 e. The van der Waals surface area contributed by atoms with Crippen LogP contribution in [0.25, 0.3) is 0 Å². The van der Waals surface area contributed by atoms with E-state index in [0.717, 1.165) is 13.1 Å². The van der Waals surface area contributed by atoms with Crippen LogP contribution in [0.4, 0.5) is 0 Å². The van der Waals surface area contributed by atoms with Crippen LogP contribution in [0.2, 0.25) is 0 Å². The molecule has 0 bridgehead atoms. The third-order valence-corrected chi connectivity index (χ3v) is 0.424. The molecule has 1 saturated heterocycles. The summed E-state index contributed by atoms with van der Waals surface area (Å²) in [5.74, 6) is 0. The van der Waals surface area contributed by atoms with Gasteiger partial charge in [0.15, 0.2) is 0 Å². The molecule has 0 atom stereocenters. The van der Waals surface area contributed by atoms with Crippen LogP contribution >= 0.6 is 0 Å². The van der Waals surface area contributed by atoms with E-state index in [9.17, 15) is 0 Å². The summed E-state index contributed by atoms with van der Waals surface area (Å²) in [5, 5.41) is 9.25. The van der Waals surface area contributed by atoms with Crippen molar-refractivity contribution >= 4 is 29.6 Å². The first kappa shape index (κ1) is 5.92. The minimum Gasteiger partial charge on any atom is -0.314 e. The van der Waals surface area contributed by atoms with Crippen LogP contribution in [0, 0.1) is 0 Å². The van der Waals surface area contributed by atoms with Crippen molar-refractivity contribution in [2.45, 2.75) is 0 Å². The SMILES string of the molecule is ON1CC1.[Na]. The van der Waals surface area contributed by atoms with Crippen LogP contribution in [-0.2, 0) is 0 Å². The minimum absolute atomic E-state index is 0. The molecular formula is C2H5NNaO. The first-order valence-electron chi connectivity index (χ1n) is 1.33. The molecule has 5 heavy (non-hydrogen) atoms. The van der Waals surface area contributed by atoms with Crippen molar-refractivity contribution < 1.29 is 5.21 Å². The van der Waals surface area contributed by atoms with E-state index < -0.39 is 0 Å². The van der Waals surface area contributed by atoms with E-state index in [1.165, 1.54) is 5.06 Å². The zero-order valence-electron chi connectivity index (χ0n) is 3.31. The maximum atomic E-state index is 8.00. The zero-order valence-corrected chi connectivity index (χ0v) is 5.31. The van der Waals surface area contributed by atoms with E-state index in [1.807, 2.05) is 0 Å². The van der Waals surface area contributed by atoms with Gasteiger partial charge in [-0.05, 0) is 0 Å². The summed E-state index contributed by atoms with van der Waals surface area (Å²) < 4.78 is 0. The molecule has 1 N–H and O–H groups in total. The molecule has 25 valence electrons. The summed E-state index contributed by atoms with van der Waals surface area (Å²) >= 11 is 0. The van der Waals surface area contributed by atoms with Gasteiger partial charge < -0.3 is 5.21 Å². The fraction of sp³-hybridized carbons (Fsp3) is 1.00. The third-order valence-electron chi connectivity index (χ3n) is 0.424. The number of hydrogen-bond donors (Lipinski definition) is 1. The Labute approximate surface area is 53.0 Å². The van der Waals surface area contributed by atoms with Crippen molar-refractivity contribution in [2.24, 2.45) is 0 Å². The topological polar surface area (TPSA) is 23.2 Å². The second-order valence-electron chi connectivity index (χ2n) is 0.954. The zero-order chi connectivity index (χ0) is 2.99. The first-order valence-corrected chi connectivity index (χ1v) is 1.33. The standard InChI is InChI=1S/C2H5NO.Na/c4-3-1-2-3;/h4H,1-2H2;. The number of hydrogen-bond acceptors (Lipinski definition) is 2. The average Bonchev–Trinajstić information content (AvgIpc) is 1.75. The predicted molar refractivity (Wildman–Crippen MR) is 19.1 cm³/mol. The van der Waals surface area contributed by atoms with Gasteiger partial charge in [-0.1, -0.05) is 0 Å². The van der Waals surface area contributed by atoms with Gasteiger partial charge >= 0.3 is 0 Å². The molecule has 3 heteroatoms. The molecule has 0 aromatic heterocycles. The molecule has 0 unspecified atom stereocenters. The Morgan fingerprint density at radius 1 is 1.40 bits per heavy atom. The van der Waals surface area contributed by atoms with E-state index in [2.05, 4.69) is 0 Å². The van der Waals surface area contributed by atoms with E-state index in [4.69, 9.17) is 5.21 Å². The molecule has 1 fully saturated rings. The Morgan fingerprint density at radius 3 is 1.60 bits per heavy atom. The summed E-state index contributed by atoms with van der Waals surface area (Å²) in [7, 11) is 0. The summed E-state index contributed by atoms with van der Waals surface area (Å²) in [4.78, 5) is 0. The second kappa shape index (κ2) is 2.16. The van der Waals surface area contributed by atoms with Crippen LogP contribution in [0.1, 0.15) is 0 Å². The monoisotopic (exact) mass is 82.0 g/mol. The van der Waals surface area contributed by atoms with Gasteiger partial charge in [0.05, 0.1) is 0 Å². The van der Waals surface area contributed by atoms with Gasteiger partial charge in [0.2, 0.25) is 0 Å². The van der Waals surface area contributed by atoms with Gasteiger partial charge in [0.1, 0.15) is 0 Å². The maximum absolute atomic E-state index is 8.00. The molecule has 0 aromatic carbocycles. The van der Waals surface area contributed by atoms with Gasteiger partial charge in [-0.25, -0.2) is 0 Å². The molecule has 0 spiro atoms. The van der Waals surface area contributed by atoms with Gasteiger partial charge in [0.25, 0.3) is 0 Å². The number of rotatable bonds is 0. The Hall–Kier alpha value is 0.920. The molecule has 1 aliphatic rings. The van der Waals surface area contributed by atoms with Crippen molar-refractivity contribution in [2.75, 3.05) is 13.1 Å². The van der Waals surface area contributed by atoms with Crippen LogP contribution in [-0.4, -0.2) is 52.9 Å². The Morgan fingerprint density at radius 2 is 1.60 bits per heavy atom. The Bertz CT molecular complexity index is 28.8. The van der Waals surface area contributed by atoms with E-state index in [-0.39, 0.29) is 29.6 Å². The van der Waals surface area contributed by atoms with Crippen LogP contribution < -0.4 is 0 Å². The molecule has 2 nitrogen and oxygen atoms in total. The Balaban J connectivity index is 0.000000160. The second-order valence-corrected chi connectivity index (χ2v) is 0.954. The molecule has 0 aromatic rings. The van der Waals surface area contributed by atoms with Gasteiger partial charge in [0, 0.05) is 42.6 Å². The average molecular weight is 82.1 g/mol. The van der Waals surface area contributed by atoms with Crippen molar-refractivity contribution in [3.8, 4) is 0 Å². The van der Waals surface area contributed by atoms with Crippen molar-refractivity contribution in [3.63, 3.8) is 0 Å². The minimum atomic E-state index is 0. The summed E-state index contributed by atoms with van der Waals surface area (Å²) in [6.07, 6.45) is 0. The van der Waals surface area contributed by atoms with E-state index in [1.54, 1.807) is 0 Å². The fourth-order valence-corrected chi connectivity index (χ4v) is 0.0447. The largest absolute Gasteiger partial charge is 0.314 e. The van der Waals surface area contributed by atoms with Gasteiger partial charge in [-0.15, -0.1) is 0 Å². The summed E-state index contributed by atoms with van der Waals surface area (Å²) in [5.41, 5.74) is 0. The van der Waals surface area contributed by atoms with Crippen molar-refractivity contribution in [1.29, 1.82) is 0 Å². The molecule has 0 saturated carbocycles. The van der Waals surface area contributed by atoms with Crippen molar-refractivity contribution in [1.82, 2.24) is 5.06 Å². The number of nitrogens with zero attached hydrogens (tertiary/aromatic N) is 1. The molecular weight excluding hydrogens is 77.0 g/mol. The molecule has 1 heterocycles. The summed E-state index contributed by atoms with van der Waals surface area (Å²) in [6.45, 7) is 1.75. The molecule has 0 aliphatic carbocycles. The van der Waals surface area contributed by atoms with Gasteiger partial charge in [-0.2, -0.15) is 5.06 Å². The third kappa shape index (κ3) is 2.73. The maximum Gasteiger partial charge on any atom is 0.0389 e. The summed E-state index contributed by atoms with van der Waals surface area (Å²) in [6, 6.07) is 0. The predicted octanol–water partition coefficient (Wildman–Crippen LogP) is -0.690. The first-order chi connectivity index (χ1) is 1.89. The molecule has 1 radical (unpaired) electrons. The normalized spacial score (nSPS) is 21.0. The molecule has 0 amide bonds. The quantitative estimate of drug-likeness (QED) is 0.309. The van der Waals surface area contributed by atoms with Gasteiger partial charge in [-0.3, -0.25) is 0 Å². The fourth-order valence-electron chi connectivity index (χ4n) is 0.0447. The van der Waals surface area contributed by atoms with E-state index in [0.29, 0.717) is 0 Å². The number of hydroxylamine groups is 2. The molecule has 1 rings (SSSR count). The van der Waals surface area contributed by atoms with E-state index >= 15 is 0 Å². The van der Waals surface area contributed by atoms with Crippen LogP contribution in [0.15, 0.2) is 0 Å². The van der Waals surface area contributed by atoms with Crippen LogP contribution in [0.5, 0.6) is 0 Å².